The van der Waals surface area contributed by atoms with Crippen molar-refractivity contribution in [2.45, 2.75) is 6.92 Å². The van der Waals surface area contributed by atoms with Gasteiger partial charge in [-0.15, -0.1) is 0 Å². The maximum atomic E-state index is 11.9. The van der Waals surface area contributed by atoms with E-state index in [4.69, 9.17) is 4.74 Å². The largest absolute Gasteiger partial charge is 0.493 e. The number of benzene rings is 2. The second-order valence-corrected chi connectivity index (χ2v) is 4.60. The average molecular weight is 312 g/mol. The number of nitrogens with zero attached hydrogens (tertiary/aromatic N) is 1. The molecule has 2 aromatic carbocycles. The molecule has 23 heavy (non-hydrogen) atoms. The van der Waals surface area contributed by atoms with Crippen molar-refractivity contribution in [2.24, 2.45) is 0 Å². The van der Waals surface area contributed by atoms with Crippen molar-refractivity contribution in [1.82, 2.24) is 0 Å². The van der Waals surface area contributed by atoms with Crippen LogP contribution in [0.4, 0.5) is 11.4 Å². The number of rotatable bonds is 6. The molecule has 0 heterocycles. The molecule has 0 spiro atoms. The van der Waals surface area contributed by atoms with E-state index in [9.17, 15) is 14.9 Å². The van der Waals surface area contributed by atoms with Gasteiger partial charge in [0.2, 0.25) is 5.91 Å². The minimum atomic E-state index is -0.510. The van der Waals surface area contributed by atoms with Gasteiger partial charge in [-0.05, 0) is 25.1 Å². The number of hydrogen-bond acceptors (Lipinski definition) is 4. The van der Waals surface area contributed by atoms with Gasteiger partial charge < -0.3 is 10.1 Å². The fourth-order valence-electron chi connectivity index (χ4n) is 1.95. The lowest BCUT2D eigenvalue weighted by Gasteiger charge is -2.06. The number of hydrogen-bond donors (Lipinski definition) is 1. The minimum Gasteiger partial charge on any atom is -0.493 e. The molecular formula is C17H16N2O4. The van der Waals surface area contributed by atoms with Crippen LogP contribution in [0.5, 0.6) is 5.75 Å². The van der Waals surface area contributed by atoms with Gasteiger partial charge in [0, 0.05) is 29.5 Å². The third-order valence-corrected chi connectivity index (χ3v) is 2.96. The van der Waals surface area contributed by atoms with Gasteiger partial charge in [-0.2, -0.15) is 0 Å². The van der Waals surface area contributed by atoms with Gasteiger partial charge in [-0.1, -0.05) is 24.3 Å². The topological polar surface area (TPSA) is 81.5 Å². The summed E-state index contributed by atoms with van der Waals surface area (Å²) in [4.78, 5) is 22.1. The van der Waals surface area contributed by atoms with Crippen LogP contribution in [0.15, 0.2) is 54.6 Å². The Bertz CT molecular complexity index is 741. The van der Waals surface area contributed by atoms with Crippen LogP contribution in [-0.4, -0.2) is 17.4 Å². The first kappa shape index (κ1) is 16.2. The Hall–Kier alpha value is -3.15. The zero-order chi connectivity index (χ0) is 16.7. The molecule has 0 atom stereocenters. The number of nitro groups is 1. The quantitative estimate of drug-likeness (QED) is 0.501. The summed E-state index contributed by atoms with van der Waals surface area (Å²) in [6, 6.07) is 13.1. The predicted octanol–water partition coefficient (Wildman–Crippen LogP) is 3.65. The standard InChI is InChI=1S/C17H16N2O4/c1-2-23-16-9-4-3-6-13(16)10-11-17(20)18-14-7-5-8-15(12-14)19(21)22/h3-12H,2H2,1H3,(H,18,20). The van der Waals surface area contributed by atoms with E-state index in [0.717, 1.165) is 5.56 Å². The Balaban J connectivity index is 2.08. The maximum Gasteiger partial charge on any atom is 0.271 e. The lowest BCUT2D eigenvalue weighted by Crippen LogP contribution is -2.07. The van der Waals surface area contributed by atoms with Gasteiger partial charge in [0.25, 0.3) is 5.69 Å². The van der Waals surface area contributed by atoms with Crippen molar-refractivity contribution < 1.29 is 14.5 Å². The lowest BCUT2D eigenvalue weighted by molar-refractivity contribution is -0.384. The first-order valence-corrected chi connectivity index (χ1v) is 7.05. The Morgan fingerprint density at radius 2 is 2.04 bits per heavy atom. The van der Waals surface area contributed by atoms with E-state index in [1.54, 1.807) is 12.1 Å². The molecule has 1 amide bonds. The summed E-state index contributed by atoms with van der Waals surface area (Å²) < 4.78 is 5.47. The van der Waals surface area contributed by atoms with Crippen LogP contribution in [0.2, 0.25) is 0 Å². The van der Waals surface area contributed by atoms with Crippen LogP contribution in [0.25, 0.3) is 6.08 Å². The van der Waals surface area contributed by atoms with Crippen LogP contribution in [0, 0.1) is 10.1 Å². The number of nitrogens with one attached hydrogen (secondary N) is 1. The van der Waals surface area contributed by atoms with E-state index in [1.165, 1.54) is 24.3 Å². The highest BCUT2D eigenvalue weighted by molar-refractivity contribution is 6.02. The Labute approximate surface area is 133 Å². The molecule has 2 rings (SSSR count). The van der Waals surface area contributed by atoms with Gasteiger partial charge in [-0.3, -0.25) is 14.9 Å². The first-order chi connectivity index (χ1) is 11.1. The molecule has 0 radical (unpaired) electrons. The van der Waals surface area contributed by atoms with E-state index in [-0.39, 0.29) is 11.6 Å². The summed E-state index contributed by atoms with van der Waals surface area (Å²) in [6.45, 7) is 2.42. The van der Waals surface area contributed by atoms with Crippen molar-refractivity contribution in [3.8, 4) is 5.75 Å². The van der Waals surface area contributed by atoms with E-state index in [2.05, 4.69) is 5.32 Å². The van der Waals surface area contributed by atoms with Crippen molar-refractivity contribution in [1.29, 1.82) is 0 Å². The van der Waals surface area contributed by atoms with Gasteiger partial charge >= 0.3 is 0 Å². The Morgan fingerprint density at radius 3 is 2.78 bits per heavy atom. The number of ether oxygens (including phenoxy) is 1. The van der Waals surface area contributed by atoms with Crippen molar-refractivity contribution in [3.05, 3.63) is 70.3 Å². The highest BCUT2D eigenvalue weighted by atomic mass is 16.6. The van der Waals surface area contributed by atoms with Gasteiger partial charge in [-0.25, -0.2) is 0 Å². The average Bonchev–Trinajstić information content (AvgIpc) is 2.54. The number of non-ortho nitro benzene ring substituents is 1. The molecule has 1 N–H and O–H groups in total. The van der Waals surface area contributed by atoms with Crippen LogP contribution >= 0.6 is 0 Å². The fourth-order valence-corrected chi connectivity index (χ4v) is 1.95. The lowest BCUT2D eigenvalue weighted by atomic mass is 10.2. The molecule has 0 bridgehead atoms. The van der Waals surface area contributed by atoms with Gasteiger partial charge in [0.1, 0.15) is 5.75 Å². The summed E-state index contributed by atoms with van der Waals surface area (Å²) in [7, 11) is 0. The molecular weight excluding hydrogens is 296 g/mol. The van der Waals surface area contributed by atoms with E-state index < -0.39 is 4.92 Å². The zero-order valence-corrected chi connectivity index (χ0v) is 12.6. The number of nitro benzene ring substituents is 1. The second kappa shape index (κ2) is 7.74. The first-order valence-electron chi connectivity index (χ1n) is 7.05. The molecule has 0 aliphatic rings. The molecule has 0 unspecified atom stereocenters. The predicted molar refractivity (Wildman–Crippen MR) is 88.4 cm³/mol. The van der Waals surface area contributed by atoms with E-state index in [1.807, 2.05) is 31.2 Å². The number of amides is 1. The summed E-state index contributed by atoms with van der Waals surface area (Å²) in [5.41, 5.74) is 1.07. The highest BCUT2D eigenvalue weighted by Gasteiger charge is 2.07. The molecule has 0 saturated carbocycles. The maximum absolute atomic E-state index is 11.9. The molecule has 0 fully saturated rings. The molecule has 118 valence electrons. The fraction of sp³-hybridized carbons (Fsp3) is 0.118. The number of para-hydroxylation sites is 1. The molecule has 0 aliphatic heterocycles. The molecule has 6 nitrogen and oxygen atoms in total. The Kier molecular flexibility index (Phi) is 5.46. The molecule has 6 heteroatoms. The van der Waals surface area contributed by atoms with Crippen molar-refractivity contribution >= 4 is 23.4 Å². The normalized spacial score (nSPS) is 10.5. The molecule has 0 aliphatic carbocycles. The van der Waals surface area contributed by atoms with Gasteiger partial charge in [0.05, 0.1) is 11.5 Å². The van der Waals surface area contributed by atoms with Gasteiger partial charge in [0.15, 0.2) is 0 Å². The summed E-state index contributed by atoms with van der Waals surface area (Å²) in [6.07, 6.45) is 2.99. The molecule has 0 saturated heterocycles. The smallest absolute Gasteiger partial charge is 0.271 e. The third-order valence-electron chi connectivity index (χ3n) is 2.96. The third kappa shape index (κ3) is 4.67. The minimum absolute atomic E-state index is 0.0755. The molecule has 0 aromatic heterocycles. The van der Waals surface area contributed by atoms with Crippen LogP contribution < -0.4 is 10.1 Å². The van der Waals surface area contributed by atoms with E-state index in [0.29, 0.717) is 18.0 Å². The van der Waals surface area contributed by atoms with Crippen LogP contribution in [-0.2, 0) is 4.79 Å². The SMILES string of the molecule is CCOc1ccccc1C=CC(=O)Nc1cccc([N+](=O)[O-])c1. The van der Waals surface area contributed by atoms with Crippen molar-refractivity contribution in [2.75, 3.05) is 11.9 Å². The zero-order valence-electron chi connectivity index (χ0n) is 12.6. The van der Waals surface area contributed by atoms with E-state index >= 15 is 0 Å². The summed E-state index contributed by atoms with van der Waals surface area (Å²) >= 11 is 0. The molecule has 2 aromatic rings. The number of carbonyl (C=O) groups excluding carboxylic acids is 1. The Morgan fingerprint density at radius 1 is 1.26 bits per heavy atom. The monoisotopic (exact) mass is 312 g/mol. The second-order valence-electron chi connectivity index (χ2n) is 4.60. The van der Waals surface area contributed by atoms with Crippen molar-refractivity contribution in [3.63, 3.8) is 0 Å². The van der Waals surface area contributed by atoms with Crippen LogP contribution in [0.1, 0.15) is 12.5 Å². The summed E-state index contributed by atoms with van der Waals surface area (Å²) in [5.74, 6) is 0.311. The van der Waals surface area contributed by atoms with Crippen LogP contribution in [0.3, 0.4) is 0 Å². The summed E-state index contributed by atoms with van der Waals surface area (Å²) in [5, 5.41) is 13.3. The number of anilines is 1. The number of carbonyl (C=O) groups is 1. The highest BCUT2D eigenvalue weighted by Crippen LogP contribution is 2.20.